The van der Waals surface area contributed by atoms with Gasteiger partial charge in [-0.3, -0.25) is 9.59 Å². The summed E-state index contributed by atoms with van der Waals surface area (Å²) in [6, 6.07) is 16.9. The number of hydrogen-bond donors (Lipinski definition) is 2. The average molecular weight is 2280 g/mol. The van der Waals surface area contributed by atoms with E-state index in [1.54, 1.807) is 25.5 Å². The minimum Gasteiger partial charge on any atom is -0.474 e. The molecule has 13 atom stereocenters. The summed E-state index contributed by atoms with van der Waals surface area (Å²) in [4.78, 5) is 35.0. The van der Waals surface area contributed by atoms with Crippen LogP contribution in [0.2, 0.25) is 0 Å². The molecule has 1 saturated heterocycles. The van der Waals surface area contributed by atoms with Gasteiger partial charge in [-0.15, -0.1) is 105 Å². The molecule has 2 aliphatic carbocycles. The van der Waals surface area contributed by atoms with Crippen molar-refractivity contribution in [2.24, 2.45) is 11.8 Å². The van der Waals surface area contributed by atoms with E-state index in [1.165, 1.54) is 0 Å². The largest absolute Gasteiger partial charge is 0.474 e. The Hall–Kier alpha value is -10.4. The molecule has 3 fully saturated rings. The van der Waals surface area contributed by atoms with Crippen molar-refractivity contribution in [3.05, 3.63) is 77.8 Å². The third-order valence-electron chi connectivity index (χ3n) is 13.0. The lowest BCUT2D eigenvalue weighted by atomic mass is 9.82. The lowest BCUT2D eigenvalue weighted by Crippen LogP contribution is -2.50. The zero-order valence-corrected chi connectivity index (χ0v) is 100.0. The van der Waals surface area contributed by atoms with Gasteiger partial charge in [0, 0.05) is 364 Å². The van der Waals surface area contributed by atoms with Crippen molar-refractivity contribution >= 4 is 197 Å². The van der Waals surface area contributed by atoms with Crippen LogP contribution in [-0.4, -0.2) is 74.6 Å². The van der Waals surface area contributed by atoms with E-state index < -0.39 is 11.2 Å². The van der Waals surface area contributed by atoms with Crippen LogP contribution < -0.4 is 14.8 Å². The number of ether oxygens (including phenoxy) is 4. The quantitative estimate of drug-likeness (QED) is 0.0650. The molecular weight excluding hydrogens is 2210 g/mol. The van der Waals surface area contributed by atoms with Crippen LogP contribution in [0, 0.1) is 439 Å². The molecule has 0 aromatic carbocycles. The van der Waals surface area contributed by atoms with Gasteiger partial charge in [0.05, 0.1) is 17.9 Å². The molecule has 6 rings (SSSR count). The molecule has 3 aromatic rings. The fourth-order valence-corrected chi connectivity index (χ4v) is 260. The van der Waals surface area contributed by atoms with Crippen molar-refractivity contribution in [1.29, 1.82) is 0 Å². The Kier molecular flexibility index (Phi) is 81.6. The summed E-state index contributed by atoms with van der Waals surface area (Å²) in [7, 11) is 35.9. The van der Waals surface area contributed by atoms with Crippen LogP contribution in [-0.2, 0) is 19.1 Å². The summed E-state index contributed by atoms with van der Waals surface area (Å²) in [5, 5.41) is 12.1. The number of aliphatic hydroxyl groups excluding tert-OH is 1. The summed E-state index contributed by atoms with van der Waals surface area (Å²) in [5.41, 5.74) is -0.818. The number of esters is 2. The number of aromatic nitrogens is 3. The topological polar surface area (TPSA) is 142 Å². The third-order valence-corrected chi connectivity index (χ3v) is 145. The van der Waals surface area contributed by atoms with Gasteiger partial charge >= 0.3 is 11.9 Å². The maximum Gasteiger partial charge on any atom is 0.309 e. The molecule has 142 heavy (non-hydrogen) atoms. The highest BCUT2D eigenvalue weighted by Crippen LogP contribution is 3.31. The fourth-order valence-electron chi connectivity index (χ4n) is 7.50. The molecule has 3 aromatic heterocycles. The van der Waals surface area contributed by atoms with Crippen molar-refractivity contribution in [3.63, 3.8) is 0 Å². The Morgan fingerprint density at radius 1 is 0.345 bits per heavy atom. The van der Waals surface area contributed by atoms with Gasteiger partial charge in [0.2, 0.25) is 11.8 Å². The van der Waals surface area contributed by atoms with Crippen molar-refractivity contribution in [2.45, 2.75) is 104 Å². The van der Waals surface area contributed by atoms with E-state index in [4.69, 9.17) is 30.5 Å². The normalized spacial score (nSPS) is 11.5. The molecule has 0 amide bonds. The van der Waals surface area contributed by atoms with E-state index in [1.807, 2.05) is 96.1 Å². The number of halogens is 1. The van der Waals surface area contributed by atoms with E-state index in [-0.39, 0.29) is 98.9 Å². The number of hydrogen-bond acceptors (Lipinski definition) is 11. The Morgan fingerprint density at radius 3 is 0.732 bits per heavy atom. The smallest absolute Gasteiger partial charge is 0.309 e. The van der Waals surface area contributed by atoms with E-state index >= 15 is 0 Å². The molecule has 13 unspecified atom stereocenters. The number of terminal acetylenes is 1. The molecule has 1 aliphatic heterocycles. The Balaban J connectivity index is 0.00000113. The summed E-state index contributed by atoms with van der Waals surface area (Å²) in [6.07, 6.45) is 12.8. The van der Waals surface area contributed by atoms with E-state index in [2.05, 4.69) is 555 Å². The molecule has 0 radical (unpaired) electrons. The van der Waals surface area contributed by atoms with Gasteiger partial charge in [-0.25, -0.2) is 15.0 Å². The van der Waals surface area contributed by atoms with Gasteiger partial charge in [-0.05, 0) is 272 Å². The molecule has 2 saturated carbocycles. The van der Waals surface area contributed by atoms with Crippen LogP contribution in [0.5, 0.6) is 11.8 Å². The number of carbonyl (C=O) groups excluding carboxylic acids is 2. The molecule has 33 heteroatoms. The Bertz CT molecular complexity index is 7510. The lowest BCUT2D eigenvalue weighted by molar-refractivity contribution is -0.167. The lowest BCUT2D eigenvalue weighted by Gasteiger charge is -2.46. The van der Waals surface area contributed by atoms with Gasteiger partial charge in [-0.2, -0.15) is 0 Å². The first-order valence-corrected chi connectivity index (χ1v) is 77.6. The first-order valence-electron chi connectivity index (χ1n) is 39.2. The highest BCUT2D eigenvalue weighted by atomic mass is 79.9. The highest BCUT2D eigenvalue weighted by molar-refractivity contribution is 9.37. The van der Waals surface area contributed by atoms with E-state index in [0.717, 1.165) is 31.5 Å². The van der Waals surface area contributed by atoms with Gasteiger partial charge < -0.3 is 29.4 Å². The van der Waals surface area contributed by atoms with Crippen LogP contribution >= 0.6 is 185 Å². The summed E-state index contributed by atoms with van der Waals surface area (Å²) in [6.45, 7) is 15.5. The van der Waals surface area contributed by atoms with Gasteiger partial charge in [0.25, 0.3) is 0 Å². The number of pyridine rings is 3. The van der Waals surface area contributed by atoms with Crippen LogP contribution in [0.3, 0.4) is 0 Å². The SMILES string of the molecule is Brc1ccccn1.C#CC#CC#CC#CC#CC#CC#CC#CC#CC#CC#CC#CC#CC#CC#CC#CC#CC#CC#CC#CC#CC#CC#CC#CC#CC#CC#CC#CC#CC#CC#CC#CC#CC#CC#CC#CC.CC(C)(C)OC(=O)C1CC(O)C1.CC(C)(C)OC(=O)C1CC(Oc2ccccn2)C1.PPP(P(P)P)P(P(P(P)P)P(P)P)P(P(P)P)P(P)P.c1ccc(OC2CNC2)nc1. The third kappa shape index (κ3) is 78.1. The monoisotopic (exact) mass is 2280 g/mol. The first-order chi connectivity index (χ1) is 68.6. The van der Waals surface area contributed by atoms with Gasteiger partial charge in [0.1, 0.15) is 28.0 Å². The Morgan fingerprint density at radius 2 is 0.570 bits per heavy atom. The second-order valence-corrected chi connectivity index (χ2v) is 108. The summed E-state index contributed by atoms with van der Waals surface area (Å²) in [5.74, 6) is 178. The second kappa shape index (κ2) is 89.4. The zero-order chi connectivity index (χ0) is 104. The van der Waals surface area contributed by atoms with Crippen molar-refractivity contribution in [1.82, 2.24) is 20.3 Å². The number of carbonyl (C=O) groups is 2. The van der Waals surface area contributed by atoms with Crippen molar-refractivity contribution < 1.29 is 33.6 Å². The number of nitrogens with one attached hydrogen (secondary N) is 1. The van der Waals surface area contributed by atoms with E-state index in [9.17, 15) is 9.59 Å². The molecule has 11 nitrogen and oxygen atoms in total. The second-order valence-electron chi connectivity index (χ2n) is 25.8. The molecule has 0 bridgehead atoms. The standard InChI is InChI=1S/C73H4.C14H19NO3.C9H16O3.C8H10N2O.C5H4BrN.H23P21/c1-3-5-7-9-11-13-15-17-19-21-23-25-27-29-31-33-35-37-39-41-43-45-47-49-51-53-55-57-59-61-63-65-67-69-71-73-72-70-68-66-64-62-60-58-56-54-52-50-48-46-44-42-40-38-36-34-32-30-28-26-24-22-20-18-16-14-12-10-8-6-4-2;1-14(2,3)18-13(16)10-8-11(9-10)17-12-6-4-5-7-15-12;1-9(2,3)12-8(11)6-4-7(10)5-6;1-2-4-10-8(3-1)11-7-5-9-6-7;6-5-3-1-2-4-7-5;1-12-18(13(2)3)21(19(14(4)5)15(6)7)20(16(8)9)17(10)11/h1H,2H3;4-7,10-11H,8-9H2,1-3H3;6-7,10H,4-5H2,1-3H3;1-4,7,9H,5-6H2;1-4H;12H,1-11H2. The number of aliphatic hydroxyl groups is 1. The number of rotatable bonds is 15. The molecule has 2 N–H and O–H groups in total. The van der Waals surface area contributed by atoms with Crippen LogP contribution in [0.4, 0.5) is 0 Å². The molecular formula is C109H76BrN4O7P21. The molecule has 686 valence electrons. The zero-order valence-electron chi connectivity index (χ0n) is 76.6. The molecule has 0 spiro atoms. The van der Waals surface area contributed by atoms with Crippen molar-refractivity contribution in [3.8, 4) is 439 Å². The summed E-state index contributed by atoms with van der Waals surface area (Å²) < 4.78 is 22.5. The summed E-state index contributed by atoms with van der Waals surface area (Å²) >= 11 is 3.20. The van der Waals surface area contributed by atoms with E-state index in [0.29, 0.717) is 37.7 Å². The maximum absolute atomic E-state index is 11.7. The minimum atomic E-state index is -0.413. The molecule has 3 aliphatic rings. The predicted molar refractivity (Wildman–Crippen MR) is 649 cm³/mol. The molecule has 4 heterocycles. The van der Waals surface area contributed by atoms with Crippen LogP contribution in [0.15, 0.2) is 77.8 Å². The van der Waals surface area contributed by atoms with Crippen LogP contribution in [0.25, 0.3) is 0 Å². The minimum absolute atomic E-state index is 0.0296. The highest BCUT2D eigenvalue weighted by Gasteiger charge is 2.43. The van der Waals surface area contributed by atoms with Crippen molar-refractivity contribution in [2.75, 3.05) is 13.1 Å². The maximum atomic E-state index is 11.7. The predicted octanol–water partition coefficient (Wildman–Crippen LogP) is 18.6. The fraction of sp³-hybridized carbons (Fsp3) is 0.183. The average Bonchev–Trinajstić information content (AvgIpc) is 0.800. The van der Waals surface area contributed by atoms with Gasteiger partial charge in [0.15, 0.2) is 0 Å². The number of nitrogens with zero attached hydrogens (tertiary/aromatic N) is 3. The van der Waals surface area contributed by atoms with Gasteiger partial charge in [-0.1, -0.05) is 32.1 Å². The Labute approximate surface area is 887 Å². The van der Waals surface area contributed by atoms with Crippen LogP contribution in [0.1, 0.15) is 74.1 Å². The first kappa shape index (κ1) is 130.